The van der Waals surface area contributed by atoms with Crippen LogP contribution in [0.2, 0.25) is 0 Å². The lowest BCUT2D eigenvalue weighted by Crippen LogP contribution is -2.45. The number of carboxylic acid groups (broad SMARTS) is 1. The van der Waals surface area contributed by atoms with Gasteiger partial charge >= 0.3 is 12.1 Å². The van der Waals surface area contributed by atoms with E-state index in [-0.39, 0.29) is 12.5 Å². The van der Waals surface area contributed by atoms with Crippen LogP contribution in [0, 0.1) is 5.92 Å². The van der Waals surface area contributed by atoms with E-state index in [1.807, 2.05) is 20.8 Å². The average molecular weight is 429 g/mol. The lowest BCUT2D eigenvalue weighted by atomic mass is 10.0. The number of carbonyl (C=O) groups excluding carboxylic acids is 2. The molecule has 0 aliphatic rings. The maximum Gasteiger partial charge on any atom is 0.412 e. The average Bonchev–Trinajstić information content (AvgIpc) is 2.54. The number of aliphatic carboxylic acids is 1. The third-order valence-corrected chi connectivity index (χ3v) is 3.96. The van der Waals surface area contributed by atoms with E-state index in [0.717, 1.165) is 4.47 Å². The van der Waals surface area contributed by atoms with Crippen LogP contribution in [0.5, 0.6) is 0 Å². The highest BCUT2D eigenvalue weighted by atomic mass is 79.9. The maximum atomic E-state index is 12.7. The van der Waals surface area contributed by atoms with Crippen LogP contribution in [0.25, 0.3) is 0 Å². The SMILES string of the molecule is CCCN(CC(=O)O)C(=O)C(CC(C)C)OC(=O)Nc1ccc(Br)cc1. The molecular weight excluding hydrogens is 404 g/mol. The molecule has 7 nitrogen and oxygen atoms in total. The summed E-state index contributed by atoms with van der Waals surface area (Å²) in [4.78, 5) is 37.1. The number of halogens is 1. The van der Waals surface area contributed by atoms with Crippen LogP contribution in [0.1, 0.15) is 33.6 Å². The first-order valence-electron chi connectivity index (χ1n) is 8.46. The molecule has 0 heterocycles. The molecular formula is C18H25BrN2O5. The molecule has 2 amide bonds. The summed E-state index contributed by atoms with van der Waals surface area (Å²) in [5.41, 5.74) is 0.532. The monoisotopic (exact) mass is 428 g/mol. The van der Waals surface area contributed by atoms with E-state index >= 15 is 0 Å². The second-order valence-corrected chi connectivity index (χ2v) is 7.22. The Morgan fingerprint density at radius 2 is 1.85 bits per heavy atom. The van der Waals surface area contributed by atoms with E-state index in [1.165, 1.54) is 4.90 Å². The second kappa shape index (κ2) is 10.8. The van der Waals surface area contributed by atoms with Crippen molar-refractivity contribution in [1.82, 2.24) is 4.90 Å². The zero-order valence-corrected chi connectivity index (χ0v) is 16.8. The molecule has 0 aliphatic carbocycles. The minimum absolute atomic E-state index is 0.0951. The van der Waals surface area contributed by atoms with Crippen LogP contribution >= 0.6 is 15.9 Å². The van der Waals surface area contributed by atoms with Gasteiger partial charge in [-0.1, -0.05) is 36.7 Å². The molecule has 144 valence electrons. The smallest absolute Gasteiger partial charge is 0.412 e. The van der Waals surface area contributed by atoms with Gasteiger partial charge in [0.25, 0.3) is 5.91 Å². The number of rotatable bonds is 9. The Morgan fingerprint density at radius 1 is 1.23 bits per heavy atom. The van der Waals surface area contributed by atoms with Crippen molar-refractivity contribution in [3.05, 3.63) is 28.7 Å². The summed E-state index contributed by atoms with van der Waals surface area (Å²) in [6.45, 7) is 5.52. The molecule has 0 saturated carbocycles. The Balaban J connectivity index is 2.83. The predicted molar refractivity (Wildman–Crippen MR) is 102 cm³/mol. The highest BCUT2D eigenvalue weighted by Crippen LogP contribution is 2.16. The molecule has 0 saturated heterocycles. The number of carbonyl (C=O) groups is 3. The summed E-state index contributed by atoms with van der Waals surface area (Å²) in [6.07, 6.45) is -0.861. The van der Waals surface area contributed by atoms with Crippen LogP contribution in [0.4, 0.5) is 10.5 Å². The number of nitrogens with zero attached hydrogens (tertiary/aromatic N) is 1. The normalized spacial score (nSPS) is 11.7. The van der Waals surface area contributed by atoms with Crippen molar-refractivity contribution in [2.24, 2.45) is 5.92 Å². The molecule has 0 radical (unpaired) electrons. The van der Waals surface area contributed by atoms with E-state index in [1.54, 1.807) is 24.3 Å². The highest BCUT2D eigenvalue weighted by Gasteiger charge is 2.29. The molecule has 0 spiro atoms. The Kier molecular flexibility index (Phi) is 9.12. The van der Waals surface area contributed by atoms with Crippen molar-refractivity contribution < 1.29 is 24.2 Å². The fourth-order valence-corrected chi connectivity index (χ4v) is 2.61. The zero-order chi connectivity index (χ0) is 19.7. The molecule has 1 aromatic carbocycles. The number of amides is 2. The van der Waals surface area contributed by atoms with Gasteiger partial charge in [0.05, 0.1) is 0 Å². The standard InChI is InChI=1S/C18H25BrN2O5/c1-4-9-21(11-16(22)23)17(24)15(10-12(2)3)26-18(25)20-14-7-5-13(19)6-8-14/h5-8,12,15H,4,9-11H2,1-3H3,(H,20,25)(H,22,23). The van der Waals surface area contributed by atoms with Gasteiger partial charge in [-0.25, -0.2) is 4.79 Å². The fourth-order valence-electron chi connectivity index (χ4n) is 2.34. The molecule has 1 rings (SSSR count). The number of ether oxygens (including phenoxy) is 1. The Bertz CT molecular complexity index is 619. The molecule has 2 N–H and O–H groups in total. The lowest BCUT2D eigenvalue weighted by Gasteiger charge is -2.26. The van der Waals surface area contributed by atoms with Gasteiger partial charge < -0.3 is 14.7 Å². The maximum absolute atomic E-state index is 12.7. The van der Waals surface area contributed by atoms with Gasteiger partial charge in [-0.15, -0.1) is 0 Å². The molecule has 0 aromatic heterocycles. The number of hydrogen-bond donors (Lipinski definition) is 2. The van der Waals surface area contributed by atoms with Crippen molar-refractivity contribution in [2.45, 2.75) is 39.7 Å². The number of anilines is 1. The van der Waals surface area contributed by atoms with Gasteiger partial charge in [-0.3, -0.25) is 14.9 Å². The Labute approximate surface area is 161 Å². The van der Waals surface area contributed by atoms with Gasteiger partial charge in [-0.2, -0.15) is 0 Å². The minimum atomic E-state index is -1.10. The summed E-state index contributed by atoms with van der Waals surface area (Å²) in [6, 6.07) is 6.92. The molecule has 1 aromatic rings. The van der Waals surface area contributed by atoms with E-state index in [4.69, 9.17) is 9.84 Å². The van der Waals surface area contributed by atoms with Gasteiger partial charge in [0, 0.05) is 16.7 Å². The van der Waals surface area contributed by atoms with E-state index in [0.29, 0.717) is 18.5 Å². The third kappa shape index (κ3) is 7.86. The van der Waals surface area contributed by atoms with Crippen LogP contribution in [-0.4, -0.2) is 47.2 Å². The first kappa shape index (κ1) is 22.0. The minimum Gasteiger partial charge on any atom is -0.480 e. The first-order chi connectivity index (χ1) is 12.2. The van der Waals surface area contributed by atoms with Crippen molar-refractivity contribution in [2.75, 3.05) is 18.4 Å². The quantitative estimate of drug-likeness (QED) is 0.624. The van der Waals surface area contributed by atoms with Crippen molar-refractivity contribution in [1.29, 1.82) is 0 Å². The Morgan fingerprint density at radius 3 is 2.35 bits per heavy atom. The van der Waals surface area contributed by atoms with Crippen LogP contribution in [-0.2, 0) is 14.3 Å². The topological polar surface area (TPSA) is 95.9 Å². The van der Waals surface area contributed by atoms with Gasteiger partial charge in [0.1, 0.15) is 6.54 Å². The van der Waals surface area contributed by atoms with Crippen LogP contribution < -0.4 is 5.32 Å². The Hall–Kier alpha value is -2.09. The number of benzene rings is 1. The number of carboxylic acids is 1. The summed E-state index contributed by atoms with van der Waals surface area (Å²) in [7, 11) is 0. The zero-order valence-electron chi connectivity index (χ0n) is 15.2. The molecule has 8 heteroatoms. The number of hydrogen-bond acceptors (Lipinski definition) is 4. The third-order valence-electron chi connectivity index (χ3n) is 3.43. The van der Waals surface area contributed by atoms with Crippen molar-refractivity contribution in [3.8, 4) is 0 Å². The van der Waals surface area contributed by atoms with Gasteiger partial charge in [0.2, 0.25) is 0 Å². The van der Waals surface area contributed by atoms with Crippen LogP contribution in [0.3, 0.4) is 0 Å². The second-order valence-electron chi connectivity index (χ2n) is 6.31. The highest BCUT2D eigenvalue weighted by molar-refractivity contribution is 9.10. The summed E-state index contributed by atoms with van der Waals surface area (Å²) >= 11 is 3.31. The largest absolute Gasteiger partial charge is 0.480 e. The van der Waals surface area contributed by atoms with Crippen molar-refractivity contribution in [3.63, 3.8) is 0 Å². The van der Waals surface area contributed by atoms with Crippen molar-refractivity contribution >= 4 is 39.6 Å². The molecule has 0 bridgehead atoms. The summed E-state index contributed by atoms with van der Waals surface area (Å²) in [5, 5.41) is 11.6. The summed E-state index contributed by atoms with van der Waals surface area (Å²) < 4.78 is 6.19. The molecule has 1 unspecified atom stereocenters. The van der Waals surface area contributed by atoms with Gasteiger partial charge in [-0.05, 0) is 43.0 Å². The molecule has 0 fully saturated rings. The molecule has 1 atom stereocenters. The predicted octanol–water partition coefficient (Wildman–Crippen LogP) is 3.74. The first-order valence-corrected chi connectivity index (χ1v) is 9.26. The van der Waals surface area contributed by atoms with E-state index in [2.05, 4.69) is 21.2 Å². The molecule has 0 aliphatic heterocycles. The lowest BCUT2D eigenvalue weighted by molar-refractivity contribution is -0.149. The van der Waals surface area contributed by atoms with Gasteiger partial charge in [0.15, 0.2) is 6.10 Å². The van der Waals surface area contributed by atoms with E-state index in [9.17, 15) is 14.4 Å². The molecule has 26 heavy (non-hydrogen) atoms. The van der Waals surface area contributed by atoms with E-state index < -0.39 is 30.6 Å². The summed E-state index contributed by atoms with van der Waals surface area (Å²) in [5.74, 6) is -1.50. The van der Waals surface area contributed by atoms with Crippen LogP contribution in [0.15, 0.2) is 28.7 Å². The fraction of sp³-hybridized carbons (Fsp3) is 0.500. The number of nitrogens with one attached hydrogen (secondary N) is 1.